The van der Waals surface area contributed by atoms with E-state index < -0.39 is 10.0 Å². The van der Waals surface area contributed by atoms with Crippen LogP contribution in [-0.2, 0) is 15.9 Å². The predicted octanol–water partition coefficient (Wildman–Crippen LogP) is 3.54. The molecular weight excluding hydrogens is 294 g/mol. The molecule has 112 valence electrons. The van der Waals surface area contributed by atoms with Gasteiger partial charge in [0.2, 0.25) is 10.0 Å². The third-order valence-corrected chi connectivity index (χ3v) is 6.51. The van der Waals surface area contributed by atoms with Crippen LogP contribution < -0.4 is 0 Å². The van der Waals surface area contributed by atoms with Crippen molar-refractivity contribution in [3.8, 4) is 0 Å². The van der Waals surface area contributed by atoms with Crippen molar-refractivity contribution in [1.29, 1.82) is 0 Å². The molecule has 3 nitrogen and oxygen atoms in total. The van der Waals surface area contributed by atoms with Gasteiger partial charge >= 0.3 is 0 Å². The predicted molar refractivity (Wildman–Crippen MR) is 82.5 cm³/mol. The van der Waals surface area contributed by atoms with E-state index in [9.17, 15) is 8.42 Å². The molecule has 0 N–H and O–H groups in total. The number of hydrogen-bond donors (Lipinski definition) is 0. The van der Waals surface area contributed by atoms with Gasteiger partial charge in [0.05, 0.1) is 4.90 Å². The molecule has 1 atom stereocenters. The first kappa shape index (κ1) is 15.8. The van der Waals surface area contributed by atoms with Gasteiger partial charge in [-0.1, -0.05) is 25.5 Å². The summed E-state index contributed by atoms with van der Waals surface area (Å²) in [5.74, 6) is 0.822. The molecule has 20 heavy (non-hydrogen) atoms. The van der Waals surface area contributed by atoms with Crippen molar-refractivity contribution in [2.75, 3.05) is 13.1 Å². The molecule has 1 aromatic carbocycles. The second-order valence-electron chi connectivity index (χ2n) is 5.45. The van der Waals surface area contributed by atoms with Crippen molar-refractivity contribution in [1.82, 2.24) is 4.31 Å². The first-order chi connectivity index (χ1) is 9.50. The van der Waals surface area contributed by atoms with E-state index in [0.29, 0.717) is 29.8 Å². The van der Waals surface area contributed by atoms with E-state index >= 15 is 0 Å². The zero-order valence-corrected chi connectivity index (χ0v) is 13.7. The second-order valence-corrected chi connectivity index (χ2v) is 7.63. The van der Waals surface area contributed by atoms with Crippen molar-refractivity contribution in [2.45, 2.75) is 43.9 Å². The lowest BCUT2D eigenvalue weighted by Gasteiger charge is -2.32. The lowest BCUT2D eigenvalue weighted by atomic mass is 9.97. The monoisotopic (exact) mass is 315 g/mol. The smallest absolute Gasteiger partial charge is 0.207 e. The van der Waals surface area contributed by atoms with Gasteiger partial charge in [0.15, 0.2) is 0 Å². The third-order valence-electron chi connectivity index (χ3n) is 4.22. The van der Waals surface area contributed by atoms with Crippen LogP contribution in [-0.4, -0.2) is 25.8 Å². The summed E-state index contributed by atoms with van der Waals surface area (Å²) >= 11 is 5.88. The van der Waals surface area contributed by atoms with Gasteiger partial charge in [0.1, 0.15) is 0 Å². The summed E-state index contributed by atoms with van der Waals surface area (Å²) in [6.07, 6.45) is 3.11. The van der Waals surface area contributed by atoms with Gasteiger partial charge in [-0.25, -0.2) is 8.42 Å². The minimum absolute atomic E-state index is 0.340. The highest BCUT2D eigenvalue weighted by Crippen LogP contribution is 2.28. The SMILES string of the molecule is CCC1CCCN(S(=O)(=O)c2cccc(CCl)c2C)C1. The molecule has 0 aliphatic carbocycles. The number of nitrogens with zero attached hydrogens (tertiary/aromatic N) is 1. The Kier molecular flexibility index (Phi) is 5.10. The van der Waals surface area contributed by atoms with Gasteiger partial charge in [-0.05, 0) is 42.9 Å². The van der Waals surface area contributed by atoms with Crippen LogP contribution in [0.15, 0.2) is 23.1 Å². The Morgan fingerprint density at radius 1 is 1.40 bits per heavy atom. The fraction of sp³-hybridized carbons (Fsp3) is 0.600. The average Bonchev–Trinajstić information content (AvgIpc) is 2.47. The van der Waals surface area contributed by atoms with E-state index in [1.165, 1.54) is 0 Å². The third kappa shape index (κ3) is 3.02. The highest BCUT2D eigenvalue weighted by atomic mass is 35.5. The fourth-order valence-corrected chi connectivity index (χ4v) is 4.91. The summed E-state index contributed by atoms with van der Waals surface area (Å²) in [6.45, 7) is 5.23. The fourth-order valence-electron chi connectivity index (χ4n) is 2.80. The van der Waals surface area contributed by atoms with Crippen LogP contribution in [0.1, 0.15) is 37.3 Å². The van der Waals surface area contributed by atoms with E-state index in [1.54, 1.807) is 16.4 Å². The summed E-state index contributed by atoms with van der Waals surface area (Å²) in [6, 6.07) is 5.35. The Morgan fingerprint density at radius 3 is 2.80 bits per heavy atom. The van der Waals surface area contributed by atoms with E-state index in [0.717, 1.165) is 30.4 Å². The first-order valence-corrected chi connectivity index (χ1v) is 9.12. The minimum atomic E-state index is -3.39. The van der Waals surface area contributed by atoms with Crippen molar-refractivity contribution in [3.05, 3.63) is 29.3 Å². The number of halogens is 1. The first-order valence-electron chi connectivity index (χ1n) is 7.15. The Hall–Kier alpha value is -0.580. The normalized spacial score (nSPS) is 21.1. The second kappa shape index (κ2) is 6.46. The Morgan fingerprint density at radius 2 is 2.15 bits per heavy atom. The van der Waals surface area contributed by atoms with E-state index in [4.69, 9.17) is 11.6 Å². The van der Waals surface area contributed by atoms with Crippen LogP contribution in [0.4, 0.5) is 0 Å². The molecule has 1 aromatic rings. The Balaban J connectivity index is 2.35. The summed E-state index contributed by atoms with van der Waals surface area (Å²) < 4.78 is 27.3. The van der Waals surface area contributed by atoms with Gasteiger partial charge in [-0.3, -0.25) is 0 Å². The van der Waals surface area contributed by atoms with Gasteiger partial charge in [-0.15, -0.1) is 11.6 Å². The number of piperidine rings is 1. The minimum Gasteiger partial charge on any atom is -0.207 e. The van der Waals surface area contributed by atoms with Crippen LogP contribution in [0.5, 0.6) is 0 Å². The molecule has 1 unspecified atom stereocenters. The molecule has 1 aliphatic rings. The van der Waals surface area contributed by atoms with Crippen molar-refractivity contribution >= 4 is 21.6 Å². The molecule has 0 saturated carbocycles. The summed E-state index contributed by atoms with van der Waals surface area (Å²) in [7, 11) is -3.39. The zero-order valence-electron chi connectivity index (χ0n) is 12.1. The van der Waals surface area contributed by atoms with E-state index in [-0.39, 0.29) is 0 Å². The lowest BCUT2D eigenvalue weighted by molar-refractivity contribution is 0.261. The maximum absolute atomic E-state index is 12.8. The van der Waals surface area contributed by atoms with Crippen molar-refractivity contribution in [2.24, 2.45) is 5.92 Å². The van der Waals surface area contributed by atoms with Gasteiger partial charge < -0.3 is 0 Å². The van der Waals surface area contributed by atoms with Crippen LogP contribution in [0.3, 0.4) is 0 Å². The van der Waals surface area contributed by atoms with E-state index in [1.807, 2.05) is 13.0 Å². The molecule has 1 fully saturated rings. The Bertz CT molecular complexity index is 571. The molecule has 0 radical (unpaired) electrons. The highest BCUT2D eigenvalue weighted by Gasteiger charge is 2.30. The largest absolute Gasteiger partial charge is 0.243 e. The van der Waals surface area contributed by atoms with Gasteiger partial charge in [0.25, 0.3) is 0 Å². The molecule has 1 aliphatic heterocycles. The maximum Gasteiger partial charge on any atom is 0.243 e. The molecule has 0 bridgehead atoms. The molecule has 2 rings (SSSR count). The quantitative estimate of drug-likeness (QED) is 0.797. The number of alkyl halides is 1. The summed E-state index contributed by atoms with van der Waals surface area (Å²) in [5.41, 5.74) is 1.66. The van der Waals surface area contributed by atoms with Crippen LogP contribution in [0.2, 0.25) is 0 Å². The summed E-state index contributed by atoms with van der Waals surface area (Å²) in [4.78, 5) is 0.410. The van der Waals surface area contributed by atoms with Crippen LogP contribution in [0, 0.1) is 12.8 Å². The number of rotatable bonds is 4. The molecular formula is C15H22ClNO2S. The zero-order chi connectivity index (χ0) is 14.8. The number of sulfonamides is 1. The molecule has 5 heteroatoms. The molecule has 0 aromatic heterocycles. The highest BCUT2D eigenvalue weighted by molar-refractivity contribution is 7.89. The molecule has 1 saturated heterocycles. The standard InChI is InChI=1S/C15H22ClNO2S/c1-3-13-6-5-9-17(11-13)20(18,19)15-8-4-7-14(10-16)12(15)2/h4,7-8,13H,3,5-6,9-11H2,1-2H3. The molecule has 0 amide bonds. The average molecular weight is 316 g/mol. The number of hydrogen-bond acceptors (Lipinski definition) is 2. The lowest BCUT2D eigenvalue weighted by Crippen LogP contribution is -2.40. The van der Waals surface area contributed by atoms with Crippen LogP contribution >= 0.6 is 11.6 Å². The molecule has 0 spiro atoms. The maximum atomic E-state index is 12.8. The van der Waals surface area contributed by atoms with E-state index in [2.05, 4.69) is 6.92 Å². The van der Waals surface area contributed by atoms with Crippen LogP contribution in [0.25, 0.3) is 0 Å². The molecule has 1 heterocycles. The van der Waals surface area contributed by atoms with Crippen molar-refractivity contribution in [3.63, 3.8) is 0 Å². The Labute approximate surface area is 127 Å². The summed E-state index contributed by atoms with van der Waals surface area (Å²) in [5, 5.41) is 0. The number of benzene rings is 1. The topological polar surface area (TPSA) is 37.4 Å². The van der Waals surface area contributed by atoms with Crippen molar-refractivity contribution < 1.29 is 8.42 Å². The van der Waals surface area contributed by atoms with Gasteiger partial charge in [0, 0.05) is 19.0 Å². The van der Waals surface area contributed by atoms with Gasteiger partial charge in [-0.2, -0.15) is 4.31 Å².